The van der Waals surface area contributed by atoms with E-state index in [2.05, 4.69) is 15.5 Å². The van der Waals surface area contributed by atoms with E-state index in [0.717, 1.165) is 25.9 Å². The molecule has 1 heterocycles. The minimum atomic E-state index is -3.81. The molecular weight excluding hydrogens is 396 g/mol. The lowest BCUT2D eigenvalue weighted by atomic mass is 10.1. The first kappa shape index (κ1) is 23.1. The van der Waals surface area contributed by atoms with Gasteiger partial charge >= 0.3 is 6.09 Å². The molecule has 0 bridgehead atoms. The molecule has 162 valence electrons. The maximum atomic E-state index is 12.2. The van der Waals surface area contributed by atoms with E-state index < -0.39 is 21.7 Å². The third-order valence-corrected chi connectivity index (χ3v) is 5.32. The molecule has 9 nitrogen and oxygen atoms in total. The average Bonchev–Trinajstić information content (AvgIpc) is 2.59. The van der Waals surface area contributed by atoms with Gasteiger partial charge in [0, 0.05) is 37.8 Å². The number of amides is 2. The third-order valence-electron chi connectivity index (χ3n) is 4.41. The highest BCUT2D eigenvalue weighted by atomic mass is 32.2. The van der Waals surface area contributed by atoms with E-state index in [0.29, 0.717) is 12.2 Å². The van der Waals surface area contributed by atoms with Crippen molar-refractivity contribution in [3.8, 4) is 0 Å². The molecule has 0 saturated carbocycles. The van der Waals surface area contributed by atoms with Crippen molar-refractivity contribution in [3.05, 3.63) is 24.3 Å². The number of carbonyl (C=O) groups excluding carboxylic acids is 2. The SMILES string of the molecule is CC(C)(C)OC(=O)NC1CCN(CCC(=O)Nc2cccc(S(N)(=O)=O)c2)CC1. The number of likely N-dealkylation sites (tertiary alicyclic amines) is 1. The highest BCUT2D eigenvalue weighted by Gasteiger charge is 2.23. The molecule has 0 aliphatic carbocycles. The average molecular weight is 427 g/mol. The fourth-order valence-corrected chi connectivity index (χ4v) is 3.57. The molecule has 0 aromatic heterocycles. The minimum absolute atomic E-state index is 0.0464. The number of alkyl carbamates (subject to hydrolysis) is 1. The molecule has 1 aromatic rings. The van der Waals surface area contributed by atoms with Gasteiger partial charge in [0.25, 0.3) is 0 Å². The number of rotatable bonds is 6. The Labute approximate surface area is 172 Å². The minimum Gasteiger partial charge on any atom is -0.444 e. The van der Waals surface area contributed by atoms with Crippen LogP contribution in [0.4, 0.5) is 10.5 Å². The van der Waals surface area contributed by atoms with Crippen molar-refractivity contribution in [2.45, 2.75) is 56.6 Å². The molecule has 0 unspecified atom stereocenters. The lowest BCUT2D eigenvalue weighted by Crippen LogP contribution is -2.46. The van der Waals surface area contributed by atoms with Crippen LogP contribution < -0.4 is 15.8 Å². The zero-order chi connectivity index (χ0) is 21.7. The molecule has 29 heavy (non-hydrogen) atoms. The fourth-order valence-electron chi connectivity index (χ4n) is 3.01. The maximum Gasteiger partial charge on any atom is 0.407 e. The Kier molecular flexibility index (Phi) is 7.61. The second kappa shape index (κ2) is 9.55. The van der Waals surface area contributed by atoms with Gasteiger partial charge in [-0.15, -0.1) is 0 Å². The number of anilines is 1. The van der Waals surface area contributed by atoms with Gasteiger partial charge in [0.2, 0.25) is 15.9 Å². The lowest BCUT2D eigenvalue weighted by Gasteiger charge is -2.32. The number of primary sulfonamides is 1. The van der Waals surface area contributed by atoms with Crippen molar-refractivity contribution in [2.24, 2.45) is 5.14 Å². The van der Waals surface area contributed by atoms with Crippen LogP contribution in [0.15, 0.2) is 29.2 Å². The predicted molar refractivity (Wildman–Crippen MR) is 110 cm³/mol. The zero-order valence-corrected chi connectivity index (χ0v) is 17.9. The van der Waals surface area contributed by atoms with Crippen molar-refractivity contribution in [3.63, 3.8) is 0 Å². The number of hydrogen-bond donors (Lipinski definition) is 3. The van der Waals surface area contributed by atoms with E-state index in [4.69, 9.17) is 9.88 Å². The summed E-state index contributed by atoms with van der Waals surface area (Å²) in [5.74, 6) is -0.203. The van der Waals surface area contributed by atoms with E-state index in [9.17, 15) is 18.0 Å². The van der Waals surface area contributed by atoms with Crippen LogP contribution in [0.1, 0.15) is 40.0 Å². The van der Waals surface area contributed by atoms with Crippen LogP contribution in [-0.4, -0.2) is 56.6 Å². The Morgan fingerprint density at radius 3 is 2.48 bits per heavy atom. The quantitative estimate of drug-likeness (QED) is 0.634. The number of sulfonamides is 1. The standard InChI is InChI=1S/C19H30N4O5S/c1-19(2,3)28-18(25)22-14-7-10-23(11-8-14)12-9-17(24)21-15-5-4-6-16(13-15)29(20,26)27/h4-6,13-14H,7-12H2,1-3H3,(H,21,24)(H,22,25)(H2,20,26,27). The third kappa shape index (κ3) is 8.38. The number of nitrogens with zero attached hydrogens (tertiary/aromatic N) is 1. The molecule has 0 atom stereocenters. The number of piperidine rings is 1. The number of ether oxygens (including phenoxy) is 1. The second-order valence-corrected chi connectivity index (χ2v) is 9.69. The summed E-state index contributed by atoms with van der Waals surface area (Å²) in [6, 6.07) is 5.91. The highest BCUT2D eigenvalue weighted by molar-refractivity contribution is 7.89. The van der Waals surface area contributed by atoms with Crippen LogP contribution in [0.3, 0.4) is 0 Å². The predicted octanol–water partition coefficient (Wildman–Crippen LogP) is 1.65. The number of nitrogens with one attached hydrogen (secondary N) is 2. The van der Waals surface area contributed by atoms with Crippen LogP contribution in [0.5, 0.6) is 0 Å². The normalized spacial score (nSPS) is 16.3. The van der Waals surface area contributed by atoms with Gasteiger partial charge in [0.1, 0.15) is 5.60 Å². The van der Waals surface area contributed by atoms with E-state index in [1.807, 2.05) is 20.8 Å². The molecule has 2 rings (SSSR count). The van der Waals surface area contributed by atoms with Crippen LogP contribution in [0.2, 0.25) is 0 Å². The summed E-state index contributed by atoms with van der Waals surface area (Å²) in [5, 5.41) is 10.7. The van der Waals surface area contributed by atoms with Crippen molar-refractivity contribution in [1.82, 2.24) is 10.2 Å². The van der Waals surface area contributed by atoms with E-state index in [1.54, 1.807) is 6.07 Å². The Balaban J connectivity index is 1.72. The topological polar surface area (TPSA) is 131 Å². The lowest BCUT2D eigenvalue weighted by molar-refractivity contribution is -0.116. The summed E-state index contributed by atoms with van der Waals surface area (Å²) in [5.41, 5.74) is -0.131. The Morgan fingerprint density at radius 1 is 1.24 bits per heavy atom. The monoisotopic (exact) mass is 426 g/mol. The number of hydrogen-bond acceptors (Lipinski definition) is 6. The summed E-state index contributed by atoms with van der Waals surface area (Å²) in [7, 11) is -3.81. The van der Waals surface area contributed by atoms with E-state index in [1.165, 1.54) is 18.2 Å². The largest absolute Gasteiger partial charge is 0.444 e. The number of nitrogens with two attached hydrogens (primary N) is 1. The van der Waals surface area contributed by atoms with Gasteiger partial charge in [-0.2, -0.15) is 0 Å². The van der Waals surface area contributed by atoms with Gasteiger partial charge in [-0.25, -0.2) is 18.4 Å². The summed E-state index contributed by atoms with van der Waals surface area (Å²) in [4.78, 5) is 26.1. The Morgan fingerprint density at radius 2 is 1.90 bits per heavy atom. The first-order chi connectivity index (χ1) is 13.4. The number of benzene rings is 1. The Bertz CT molecular complexity index is 827. The first-order valence-electron chi connectivity index (χ1n) is 9.57. The molecule has 4 N–H and O–H groups in total. The van der Waals surface area contributed by atoms with Crippen molar-refractivity contribution < 1.29 is 22.7 Å². The molecule has 1 saturated heterocycles. The molecular formula is C19H30N4O5S. The van der Waals surface area contributed by atoms with Crippen molar-refractivity contribution >= 4 is 27.7 Å². The van der Waals surface area contributed by atoms with Crippen molar-refractivity contribution in [1.29, 1.82) is 0 Å². The van der Waals surface area contributed by atoms with E-state index >= 15 is 0 Å². The summed E-state index contributed by atoms with van der Waals surface area (Å²) in [6.45, 7) is 7.60. The first-order valence-corrected chi connectivity index (χ1v) is 11.1. The highest BCUT2D eigenvalue weighted by Crippen LogP contribution is 2.15. The molecule has 10 heteroatoms. The number of carbonyl (C=O) groups is 2. The molecule has 2 amide bonds. The zero-order valence-electron chi connectivity index (χ0n) is 17.1. The van der Waals surface area contributed by atoms with Crippen molar-refractivity contribution in [2.75, 3.05) is 25.0 Å². The van der Waals surface area contributed by atoms with Crippen LogP contribution >= 0.6 is 0 Å². The van der Waals surface area contributed by atoms with Crippen LogP contribution in [-0.2, 0) is 19.6 Å². The smallest absolute Gasteiger partial charge is 0.407 e. The van der Waals surface area contributed by atoms with Gasteiger partial charge < -0.3 is 20.3 Å². The van der Waals surface area contributed by atoms with Gasteiger partial charge in [-0.3, -0.25) is 4.79 Å². The van der Waals surface area contributed by atoms with Crippen LogP contribution in [0, 0.1) is 0 Å². The van der Waals surface area contributed by atoms with Gasteiger partial charge in [0.15, 0.2) is 0 Å². The second-order valence-electron chi connectivity index (χ2n) is 8.13. The molecule has 1 fully saturated rings. The fraction of sp³-hybridized carbons (Fsp3) is 0.579. The summed E-state index contributed by atoms with van der Waals surface area (Å²) < 4.78 is 28.0. The van der Waals surface area contributed by atoms with Crippen LogP contribution in [0.25, 0.3) is 0 Å². The maximum absolute atomic E-state index is 12.2. The van der Waals surface area contributed by atoms with Gasteiger partial charge in [0.05, 0.1) is 4.90 Å². The van der Waals surface area contributed by atoms with Gasteiger partial charge in [-0.05, 0) is 51.8 Å². The molecule has 0 spiro atoms. The molecule has 1 aliphatic rings. The molecule has 1 aliphatic heterocycles. The van der Waals surface area contributed by atoms with Gasteiger partial charge in [-0.1, -0.05) is 6.07 Å². The summed E-state index contributed by atoms with van der Waals surface area (Å²) in [6.07, 6.45) is 1.45. The molecule has 0 radical (unpaired) electrons. The van der Waals surface area contributed by atoms with E-state index in [-0.39, 0.29) is 23.3 Å². The molecule has 1 aromatic carbocycles. The Hall–Kier alpha value is -2.17. The summed E-state index contributed by atoms with van der Waals surface area (Å²) >= 11 is 0.